The maximum absolute atomic E-state index is 14.4. The fourth-order valence-corrected chi connectivity index (χ4v) is 8.15. The third kappa shape index (κ3) is 11.2. The molecule has 5 rings (SSSR count). The molecular weight excluding hydrogens is 699 g/mol. The van der Waals surface area contributed by atoms with E-state index in [1.54, 1.807) is 35.2 Å². The van der Waals surface area contributed by atoms with Crippen LogP contribution < -0.4 is 10.6 Å². The van der Waals surface area contributed by atoms with Crippen LogP contribution in [-0.2, 0) is 24.0 Å². The van der Waals surface area contributed by atoms with E-state index in [0.29, 0.717) is 18.4 Å². The summed E-state index contributed by atoms with van der Waals surface area (Å²) in [4.78, 5) is 105. The number of hydrogen-bond donors (Lipinski definition) is 2. The van der Waals surface area contributed by atoms with E-state index < -0.39 is 58.6 Å². The lowest BCUT2D eigenvalue weighted by molar-refractivity contribution is -0.140. The number of rotatable bonds is 18. The molecule has 1 saturated heterocycles. The van der Waals surface area contributed by atoms with Crippen LogP contribution in [0.4, 0.5) is 0 Å². The summed E-state index contributed by atoms with van der Waals surface area (Å²) in [7, 11) is 0. The number of ketones is 4. The second-order valence-corrected chi connectivity index (χ2v) is 16.9. The largest absolute Gasteiger partial charge is 0.351 e. The van der Waals surface area contributed by atoms with E-state index in [1.807, 2.05) is 27.7 Å². The summed E-state index contributed by atoms with van der Waals surface area (Å²) < 4.78 is 0. The molecule has 55 heavy (non-hydrogen) atoms. The minimum atomic E-state index is -0.830. The smallest absolute Gasteiger partial charge is 0.272 e. The minimum absolute atomic E-state index is 0.0395. The quantitative estimate of drug-likeness (QED) is 0.190. The van der Waals surface area contributed by atoms with Crippen molar-refractivity contribution in [2.75, 3.05) is 13.1 Å². The first-order valence-corrected chi connectivity index (χ1v) is 20.1. The van der Waals surface area contributed by atoms with E-state index >= 15 is 0 Å². The molecule has 3 aliphatic rings. The van der Waals surface area contributed by atoms with Gasteiger partial charge in [0.1, 0.15) is 11.5 Å². The molecule has 296 valence electrons. The molecule has 3 amide bonds. The fourth-order valence-electron chi connectivity index (χ4n) is 8.15. The van der Waals surface area contributed by atoms with Gasteiger partial charge in [0.2, 0.25) is 11.7 Å². The van der Waals surface area contributed by atoms with Gasteiger partial charge in [0, 0.05) is 62.1 Å². The molecule has 1 aliphatic heterocycles. The number of carbonyl (C=O) groups is 7. The van der Waals surface area contributed by atoms with Gasteiger partial charge in [0.05, 0.1) is 24.2 Å². The summed E-state index contributed by atoms with van der Waals surface area (Å²) in [5.74, 6) is -4.94. The van der Waals surface area contributed by atoms with Crippen LogP contribution >= 0.6 is 0 Å². The summed E-state index contributed by atoms with van der Waals surface area (Å²) in [5.41, 5.74) is -0.145. The summed E-state index contributed by atoms with van der Waals surface area (Å²) in [6, 6.07) is 7.11. The predicted molar refractivity (Wildman–Crippen MR) is 206 cm³/mol. The lowest BCUT2D eigenvalue weighted by atomic mass is 9.74. The molecule has 2 N–H and O–H groups in total. The Morgan fingerprint density at radius 3 is 2.22 bits per heavy atom. The van der Waals surface area contributed by atoms with Gasteiger partial charge in [0.15, 0.2) is 11.6 Å². The Balaban J connectivity index is 1.36. The zero-order valence-corrected chi connectivity index (χ0v) is 32.8. The number of aromatic nitrogens is 2. The molecule has 5 atom stereocenters. The highest BCUT2D eigenvalue weighted by Crippen LogP contribution is 2.35. The fraction of sp³-hybridized carbons (Fsp3) is 0.605. The molecule has 3 fully saturated rings. The van der Waals surface area contributed by atoms with E-state index in [1.165, 1.54) is 18.6 Å². The Kier molecular flexibility index (Phi) is 14.2. The van der Waals surface area contributed by atoms with Crippen molar-refractivity contribution in [1.82, 2.24) is 25.5 Å². The van der Waals surface area contributed by atoms with E-state index in [2.05, 4.69) is 20.6 Å². The van der Waals surface area contributed by atoms with Crippen LogP contribution in [0.1, 0.15) is 126 Å². The van der Waals surface area contributed by atoms with Gasteiger partial charge < -0.3 is 15.5 Å². The number of likely N-dealkylation sites (tertiary alicyclic amines) is 1. The molecule has 12 nitrogen and oxygen atoms in total. The zero-order valence-electron chi connectivity index (χ0n) is 32.8. The second kappa shape index (κ2) is 18.8. The molecule has 2 aliphatic carbocycles. The topological polar surface area (TPSA) is 173 Å². The third-order valence-corrected chi connectivity index (χ3v) is 11.6. The molecule has 0 bridgehead atoms. The highest BCUT2D eigenvalue weighted by molar-refractivity contribution is 6.38. The highest BCUT2D eigenvalue weighted by Gasteiger charge is 2.45. The van der Waals surface area contributed by atoms with Gasteiger partial charge in [0.25, 0.3) is 11.8 Å². The van der Waals surface area contributed by atoms with Gasteiger partial charge in [-0.2, -0.15) is 0 Å². The first kappa shape index (κ1) is 41.6. The van der Waals surface area contributed by atoms with Crippen molar-refractivity contribution in [2.24, 2.45) is 35.0 Å². The zero-order chi connectivity index (χ0) is 39.7. The van der Waals surface area contributed by atoms with Crippen LogP contribution in [0.3, 0.4) is 0 Å². The summed E-state index contributed by atoms with van der Waals surface area (Å²) in [6.07, 6.45) is 11.5. The molecule has 1 aromatic carbocycles. The Bertz CT molecular complexity index is 1700. The Morgan fingerprint density at radius 1 is 0.891 bits per heavy atom. The molecule has 3 unspecified atom stereocenters. The van der Waals surface area contributed by atoms with Gasteiger partial charge in [-0.05, 0) is 61.5 Å². The summed E-state index contributed by atoms with van der Waals surface area (Å²) >= 11 is 0. The maximum atomic E-state index is 14.4. The van der Waals surface area contributed by atoms with Crippen molar-refractivity contribution in [3.63, 3.8) is 0 Å². The van der Waals surface area contributed by atoms with Gasteiger partial charge in [-0.25, -0.2) is 4.98 Å². The van der Waals surface area contributed by atoms with E-state index in [0.717, 1.165) is 44.9 Å². The molecule has 2 heterocycles. The van der Waals surface area contributed by atoms with Crippen molar-refractivity contribution in [1.29, 1.82) is 0 Å². The average Bonchev–Trinajstić information content (AvgIpc) is 3.90. The van der Waals surface area contributed by atoms with Crippen LogP contribution in [0, 0.1) is 35.0 Å². The van der Waals surface area contributed by atoms with Crippen LogP contribution in [0.2, 0.25) is 0 Å². The standard InChI is InChI=1S/C43H57N5O7/c1-5-12-30(39(52)37(51)21-27-17-18-27)22-35(49)31-25-48(42(55)29-15-10-7-11-16-29)26-34(31)46-40(53)32(43(2,3)4)23-36(50)38(28-13-8-6-9-14-28)47-41(54)33-24-44-19-20-45-33/h7,10-11,15-16,19-20,24,27-28,30-32,34,38H,5-6,8-9,12-14,17-18,21-23,25-26H2,1-4H3,(H,46,53)(H,47,54)/t30?,31-,32?,34?,38+/m1/s1. The first-order valence-electron chi connectivity index (χ1n) is 20.1. The van der Waals surface area contributed by atoms with Gasteiger partial charge in [-0.15, -0.1) is 0 Å². The monoisotopic (exact) mass is 755 g/mol. The molecule has 0 spiro atoms. The molecule has 2 aromatic rings. The van der Waals surface area contributed by atoms with Crippen molar-refractivity contribution < 1.29 is 33.6 Å². The summed E-state index contributed by atoms with van der Waals surface area (Å²) in [6.45, 7) is 7.63. The van der Waals surface area contributed by atoms with Crippen molar-refractivity contribution in [3.05, 3.63) is 60.2 Å². The van der Waals surface area contributed by atoms with Crippen LogP contribution in [0.5, 0.6) is 0 Å². The number of hydrogen-bond acceptors (Lipinski definition) is 9. The number of nitrogens with zero attached hydrogens (tertiary/aromatic N) is 3. The lowest BCUT2D eigenvalue weighted by Gasteiger charge is -2.34. The molecule has 12 heteroatoms. The predicted octanol–water partition coefficient (Wildman–Crippen LogP) is 5.35. The third-order valence-electron chi connectivity index (χ3n) is 11.6. The van der Waals surface area contributed by atoms with E-state index in [-0.39, 0.29) is 67.4 Å². The minimum Gasteiger partial charge on any atom is -0.351 e. The van der Waals surface area contributed by atoms with E-state index in [9.17, 15) is 33.6 Å². The van der Waals surface area contributed by atoms with Crippen molar-refractivity contribution >= 4 is 40.9 Å². The normalized spacial score (nSPS) is 20.5. The SMILES string of the molecule is CCCC(CC(=O)[C@@H]1CN(C(=O)c2ccccc2)CC1NC(=O)C(CC(=O)[C@@H](NC(=O)c1cnccn1)C1CCCCC1)C(C)(C)C)C(=O)C(=O)CC1CC1. The highest BCUT2D eigenvalue weighted by atomic mass is 16.2. The molecule has 2 saturated carbocycles. The Morgan fingerprint density at radius 2 is 1.60 bits per heavy atom. The van der Waals surface area contributed by atoms with Crippen molar-refractivity contribution in [2.45, 2.75) is 117 Å². The Labute approximate surface area is 324 Å². The number of nitrogens with one attached hydrogen (secondary N) is 2. The van der Waals surface area contributed by atoms with E-state index in [4.69, 9.17) is 0 Å². The number of amides is 3. The number of carbonyl (C=O) groups excluding carboxylic acids is 7. The first-order chi connectivity index (χ1) is 26.3. The molecular formula is C43H57N5O7. The van der Waals surface area contributed by atoms with Gasteiger partial charge in [-0.1, -0.05) is 71.6 Å². The average molecular weight is 756 g/mol. The van der Waals surface area contributed by atoms with Crippen LogP contribution in [0.15, 0.2) is 48.9 Å². The maximum Gasteiger partial charge on any atom is 0.272 e. The Hall–Kier alpha value is -4.61. The van der Waals surface area contributed by atoms with Crippen molar-refractivity contribution in [3.8, 4) is 0 Å². The van der Waals surface area contributed by atoms with Crippen LogP contribution in [0.25, 0.3) is 0 Å². The number of Topliss-reactive ketones (excluding diaryl/α,β-unsaturated/α-hetero) is 4. The second-order valence-electron chi connectivity index (χ2n) is 16.9. The summed E-state index contributed by atoms with van der Waals surface area (Å²) in [5, 5.41) is 6.00. The molecule has 1 aromatic heterocycles. The number of benzene rings is 1. The molecule has 0 radical (unpaired) electrons. The van der Waals surface area contributed by atoms with Crippen LogP contribution in [-0.4, -0.2) is 80.9 Å². The van der Waals surface area contributed by atoms with Gasteiger partial charge in [-0.3, -0.25) is 38.5 Å². The lowest BCUT2D eigenvalue weighted by Crippen LogP contribution is -2.51. The van der Waals surface area contributed by atoms with Gasteiger partial charge >= 0.3 is 0 Å².